The van der Waals surface area contributed by atoms with Crippen molar-refractivity contribution in [2.45, 2.75) is 54.9 Å². The second kappa shape index (κ2) is 5.16. The van der Waals surface area contributed by atoms with Crippen LogP contribution in [0.25, 0.3) is 0 Å². The quantitative estimate of drug-likeness (QED) is 0.663. The summed E-state index contributed by atoms with van der Waals surface area (Å²) in [4.78, 5) is 0. The molecule has 0 aliphatic carbocycles. The van der Waals surface area contributed by atoms with Crippen LogP contribution >= 0.6 is 0 Å². The third-order valence-electron chi connectivity index (χ3n) is 2.57. The van der Waals surface area contributed by atoms with Gasteiger partial charge >= 0.3 is 0 Å². The Labute approximate surface area is 90.2 Å². The van der Waals surface area contributed by atoms with Gasteiger partial charge in [-0.15, -0.1) is 0 Å². The van der Waals surface area contributed by atoms with E-state index >= 15 is 0 Å². The third kappa shape index (κ3) is 6.42. The highest BCUT2D eigenvalue weighted by molar-refractivity contribution is 4.72. The van der Waals surface area contributed by atoms with Crippen LogP contribution in [0.4, 0.5) is 0 Å². The van der Waals surface area contributed by atoms with Gasteiger partial charge < -0.3 is 4.74 Å². The fourth-order valence-corrected chi connectivity index (χ4v) is 1.49. The van der Waals surface area contributed by atoms with Crippen molar-refractivity contribution in [3.05, 3.63) is 0 Å². The normalized spacial score (nSPS) is 15.6. The van der Waals surface area contributed by atoms with Crippen LogP contribution in [0.2, 0.25) is 0 Å². The number of hydrogen-bond donors (Lipinski definition) is 0. The summed E-state index contributed by atoms with van der Waals surface area (Å²) in [6, 6.07) is 0. The van der Waals surface area contributed by atoms with Crippen molar-refractivity contribution < 1.29 is 4.74 Å². The van der Waals surface area contributed by atoms with E-state index in [1.165, 1.54) is 6.42 Å². The van der Waals surface area contributed by atoms with E-state index < -0.39 is 0 Å². The number of hydrogen-bond acceptors (Lipinski definition) is 1. The predicted molar refractivity (Wildman–Crippen MR) is 63.5 cm³/mol. The zero-order valence-electron chi connectivity index (χ0n) is 11.1. The first-order chi connectivity index (χ1) is 6.17. The van der Waals surface area contributed by atoms with Gasteiger partial charge in [-0.3, -0.25) is 0 Å². The summed E-state index contributed by atoms with van der Waals surface area (Å²) in [7, 11) is 0. The first-order valence-electron chi connectivity index (χ1n) is 5.74. The molecule has 0 aromatic carbocycles. The molecule has 0 spiro atoms. The van der Waals surface area contributed by atoms with E-state index in [1.807, 2.05) is 0 Å². The Kier molecular flexibility index (Phi) is 5.14. The lowest BCUT2D eigenvalue weighted by molar-refractivity contribution is 0.0176. The highest BCUT2D eigenvalue weighted by Crippen LogP contribution is 2.29. The summed E-state index contributed by atoms with van der Waals surface area (Å²) in [5.41, 5.74) is 0.656. The van der Waals surface area contributed by atoms with Crippen LogP contribution in [-0.2, 0) is 4.74 Å². The zero-order valence-corrected chi connectivity index (χ0v) is 11.1. The first kappa shape index (κ1) is 14.0. The van der Waals surface area contributed by atoms with Crippen LogP contribution in [-0.4, -0.2) is 13.2 Å². The summed E-state index contributed by atoms with van der Waals surface area (Å²) in [5.74, 6) is 0.671. The molecule has 0 heterocycles. The Morgan fingerprint density at radius 1 is 1.00 bits per heavy atom. The van der Waals surface area contributed by atoms with Crippen LogP contribution in [0, 0.1) is 16.7 Å². The molecule has 0 bridgehead atoms. The van der Waals surface area contributed by atoms with Gasteiger partial charge in [-0.2, -0.15) is 0 Å². The minimum atomic E-state index is 0.288. The van der Waals surface area contributed by atoms with E-state index in [-0.39, 0.29) is 5.41 Å². The maximum absolute atomic E-state index is 5.78. The molecule has 0 rings (SSSR count). The average molecular weight is 200 g/mol. The third-order valence-corrected chi connectivity index (χ3v) is 2.57. The van der Waals surface area contributed by atoms with E-state index in [0.717, 1.165) is 13.2 Å². The molecule has 14 heavy (non-hydrogen) atoms. The fraction of sp³-hybridized carbons (Fsp3) is 1.00. The van der Waals surface area contributed by atoms with Crippen LogP contribution in [0.15, 0.2) is 0 Å². The monoisotopic (exact) mass is 200 g/mol. The molecule has 0 aliphatic rings. The van der Waals surface area contributed by atoms with Crippen LogP contribution in [0.1, 0.15) is 54.9 Å². The summed E-state index contributed by atoms with van der Waals surface area (Å²) < 4.78 is 5.78. The maximum Gasteiger partial charge on any atom is 0.0514 e. The molecule has 1 nitrogen and oxygen atoms in total. The van der Waals surface area contributed by atoms with E-state index in [4.69, 9.17) is 4.74 Å². The first-order valence-corrected chi connectivity index (χ1v) is 5.74. The topological polar surface area (TPSA) is 9.23 Å². The molecule has 1 heteroatoms. The summed E-state index contributed by atoms with van der Waals surface area (Å²) >= 11 is 0. The molecule has 1 atom stereocenters. The van der Waals surface area contributed by atoms with Crippen molar-refractivity contribution in [3.63, 3.8) is 0 Å². The molecule has 0 amide bonds. The second-order valence-electron chi connectivity index (χ2n) is 6.55. The smallest absolute Gasteiger partial charge is 0.0514 e. The number of rotatable bonds is 4. The van der Waals surface area contributed by atoms with Crippen LogP contribution in [0.5, 0.6) is 0 Å². The molecule has 0 saturated carbocycles. The van der Waals surface area contributed by atoms with E-state index in [1.54, 1.807) is 0 Å². The van der Waals surface area contributed by atoms with Gasteiger partial charge in [0.05, 0.1) is 6.61 Å². The molecule has 0 aliphatic heterocycles. The highest BCUT2D eigenvalue weighted by atomic mass is 16.5. The van der Waals surface area contributed by atoms with Gasteiger partial charge in [0.2, 0.25) is 0 Å². The van der Waals surface area contributed by atoms with Gasteiger partial charge in [0, 0.05) is 6.61 Å². The van der Waals surface area contributed by atoms with E-state index in [0.29, 0.717) is 11.3 Å². The molecule has 0 aromatic heterocycles. The Morgan fingerprint density at radius 2 is 1.50 bits per heavy atom. The van der Waals surface area contributed by atoms with Gasteiger partial charge in [0.1, 0.15) is 0 Å². The van der Waals surface area contributed by atoms with Crippen LogP contribution < -0.4 is 0 Å². The summed E-state index contributed by atoms with van der Waals surface area (Å²) in [6.45, 7) is 17.5. The number of ether oxygens (including phenoxy) is 1. The van der Waals surface area contributed by atoms with Gasteiger partial charge in [0.15, 0.2) is 0 Å². The molecular formula is C13H28O. The average Bonchev–Trinajstić information content (AvgIpc) is 1.93. The SMILES string of the molecule is CCC(COCC(C)(C)C)C(C)(C)C. The lowest BCUT2D eigenvalue weighted by atomic mass is 9.80. The lowest BCUT2D eigenvalue weighted by Crippen LogP contribution is -2.26. The van der Waals surface area contributed by atoms with Crippen molar-refractivity contribution in [2.24, 2.45) is 16.7 Å². The molecule has 0 fully saturated rings. The molecule has 0 aromatic rings. The summed E-state index contributed by atoms with van der Waals surface area (Å²) in [5, 5.41) is 0. The zero-order chi connectivity index (χ0) is 11.4. The molecule has 1 unspecified atom stereocenters. The molecular weight excluding hydrogens is 172 g/mol. The second-order valence-corrected chi connectivity index (χ2v) is 6.55. The van der Waals surface area contributed by atoms with Gasteiger partial charge in [-0.05, 0) is 16.7 Å². The van der Waals surface area contributed by atoms with Gasteiger partial charge in [-0.25, -0.2) is 0 Å². The Bertz CT molecular complexity index is 148. The van der Waals surface area contributed by atoms with Crippen molar-refractivity contribution in [3.8, 4) is 0 Å². The maximum atomic E-state index is 5.78. The van der Waals surface area contributed by atoms with Gasteiger partial charge in [0.25, 0.3) is 0 Å². The van der Waals surface area contributed by atoms with Crippen LogP contribution in [0.3, 0.4) is 0 Å². The predicted octanol–water partition coefficient (Wildman–Crippen LogP) is 4.12. The Morgan fingerprint density at radius 3 is 1.79 bits per heavy atom. The highest BCUT2D eigenvalue weighted by Gasteiger charge is 2.23. The lowest BCUT2D eigenvalue weighted by Gasteiger charge is -2.30. The van der Waals surface area contributed by atoms with E-state index in [2.05, 4.69) is 48.5 Å². The fourth-order valence-electron chi connectivity index (χ4n) is 1.49. The Balaban J connectivity index is 3.87. The molecule has 0 saturated heterocycles. The largest absolute Gasteiger partial charge is 0.381 e. The van der Waals surface area contributed by atoms with E-state index in [9.17, 15) is 0 Å². The Hall–Kier alpha value is -0.0400. The van der Waals surface area contributed by atoms with Crippen molar-refractivity contribution >= 4 is 0 Å². The van der Waals surface area contributed by atoms with Gasteiger partial charge in [-0.1, -0.05) is 54.9 Å². The minimum absolute atomic E-state index is 0.288. The molecule has 0 radical (unpaired) electrons. The standard InChI is InChI=1S/C13H28O/c1-8-11(13(5,6)7)9-14-10-12(2,3)4/h11H,8-10H2,1-7H3. The van der Waals surface area contributed by atoms with Crippen molar-refractivity contribution in [2.75, 3.05) is 13.2 Å². The van der Waals surface area contributed by atoms with Crippen molar-refractivity contribution in [1.82, 2.24) is 0 Å². The summed E-state index contributed by atoms with van der Waals surface area (Å²) in [6.07, 6.45) is 1.20. The molecule has 0 N–H and O–H groups in total. The van der Waals surface area contributed by atoms with Crippen molar-refractivity contribution in [1.29, 1.82) is 0 Å². The minimum Gasteiger partial charge on any atom is -0.381 e. The molecule has 86 valence electrons.